The molecule has 7 nitrogen and oxygen atoms in total. The maximum absolute atomic E-state index is 12.9. The number of aryl methyl sites for hydroxylation is 2. The standard InChI is InChI=1S/C22H28N4O3/c1-14-5-6-19-17(11-14)20(27)23-13-22(29-19)9-7-16(8-10-22)25(3)21(28)18-12-24-26(4)15(18)2/h5-6,11-12,16H,7-10,13H2,1-4H3,(H,23,27). The highest BCUT2D eigenvalue weighted by atomic mass is 16.5. The summed E-state index contributed by atoms with van der Waals surface area (Å²) in [4.78, 5) is 27.2. The second kappa shape index (κ2) is 7.21. The summed E-state index contributed by atoms with van der Waals surface area (Å²) in [5.41, 5.74) is 2.74. The van der Waals surface area contributed by atoms with E-state index in [1.807, 2.05) is 51.0 Å². The first-order valence-electron chi connectivity index (χ1n) is 10.1. The van der Waals surface area contributed by atoms with Crippen molar-refractivity contribution in [3.8, 4) is 5.75 Å². The molecular weight excluding hydrogens is 368 g/mol. The van der Waals surface area contributed by atoms with Crippen LogP contribution >= 0.6 is 0 Å². The first-order chi connectivity index (χ1) is 13.8. The summed E-state index contributed by atoms with van der Waals surface area (Å²) in [5.74, 6) is 0.578. The third-order valence-corrected chi connectivity index (χ3v) is 6.48. The summed E-state index contributed by atoms with van der Waals surface area (Å²) < 4.78 is 8.13. The van der Waals surface area contributed by atoms with Crippen LogP contribution in [0, 0.1) is 13.8 Å². The predicted octanol–water partition coefficient (Wildman–Crippen LogP) is 2.61. The Morgan fingerprint density at radius 2 is 2.03 bits per heavy atom. The fourth-order valence-corrected chi connectivity index (χ4v) is 4.38. The van der Waals surface area contributed by atoms with Gasteiger partial charge in [0.2, 0.25) is 0 Å². The van der Waals surface area contributed by atoms with Crippen molar-refractivity contribution in [3.05, 3.63) is 46.8 Å². The average Bonchev–Trinajstić information content (AvgIpc) is 2.98. The summed E-state index contributed by atoms with van der Waals surface area (Å²) in [6.07, 6.45) is 4.88. The van der Waals surface area contributed by atoms with Crippen LogP contribution in [0.15, 0.2) is 24.4 Å². The molecule has 4 rings (SSSR count). The second-order valence-electron chi connectivity index (χ2n) is 8.38. The quantitative estimate of drug-likeness (QED) is 0.847. The van der Waals surface area contributed by atoms with Crippen LogP contribution in [-0.2, 0) is 7.05 Å². The molecule has 2 aromatic rings. The molecule has 154 valence electrons. The van der Waals surface area contributed by atoms with Crippen molar-refractivity contribution in [1.82, 2.24) is 20.0 Å². The Morgan fingerprint density at radius 1 is 1.31 bits per heavy atom. The molecule has 2 aliphatic rings. The van der Waals surface area contributed by atoms with E-state index in [1.165, 1.54) is 0 Å². The molecule has 1 aromatic heterocycles. The van der Waals surface area contributed by atoms with E-state index in [-0.39, 0.29) is 17.9 Å². The third-order valence-electron chi connectivity index (χ3n) is 6.48. The summed E-state index contributed by atoms with van der Waals surface area (Å²) >= 11 is 0. The van der Waals surface area contributed by atoms with E-state index in [9.17, 15) is 9.59 Å². The van der Waals surface area contributed by atoms with Gasteiger partial charge in [-0.25, -0.2) is 0 Å². The van der Waals surface area contributed by atoms with E-state index in [4.69, 9.17) is 4.74 Å². The highest BCUT2D eigenvalue weighted by Gasteiger charge is 2.42. The summed E-state index contributed by atoms with van der Waals surface area (Å²) in [7, 11) is 3.71. The molecule has 1 aliphatic heterocycles. The second-order valence-corrected chi connectivity index (χ2v) is 8.38. The van der Waals surface area contributed by atoms with E-state index >= 15 is 0 Å². The van der Waals surface area contributed by atoms with Crippen LogP contribution in [-0.4, -0.2) is 51.7 Å². The molecule has 0 bridgehead atoms. The lowest BCUT2D eigenvalue weighted by atomic mass is 9.81. The van der Waals surface area contributed by atoms with Crippen LogP contribution in [0.5, 0.6) is 5.75 Å². The van der Waals surface area contributed by atoms with E-state index in [2.05, 4.69) is 10.4 Å². The highest BCUT2D eigenvalue weighted by Crippen LogP contribution is 2.37. The zero-order valence-corrected chi connectivity index (χ0v) is 17.5. The molecule has 1 fully saturated rings. The molecule has 2 heterocycles. The molecule has 0 unspecified atom stereocenters. The molecule has 0 saturated heterocycles. The van der Waals surface area contributed by atoms with Crippen molar-refractivity contribution >= 4 is 11.8 Å². The van der Waals surface area contributed by atoms with Crippen LogP contribution in [0.1, 0.15) is 57.7 Å². The largest absolute Gasteiger partial charge is 0.485 e. The number of ether oxygens (including phenoxy) is 1. The molecule has 7 heteroatoms. The van der Waals surface area contributed by atoms with Gasteiger partial charge in [-0.2, -0.15) is 5.10 Å². The Kier molecular flexibility index (Phi) is 4.84. The number of carbonyl (C=O) groups is 2. The molecule has 1 N–H and O–H groups in total. The molecule has 0 atom stereocenters. The number of benzene rings is 1. The molecule has 2 amide bonds. The van der Waals surface area contributed by atoms with Gasteiger partial charge in [0.05, 0.1) is 23.9 Å². The van der Waals surface area contributed by atoms with E-state index in [1.54, 1.807) is 10.9 Å². The normalized spacial score (nSPS) is 23.7. The van der Waals surface area contributed by atoms with Gasteiger partial charge < -0.3 is 15.0 Å². The van der Waals surface area contributed by atoms with Crippen molar-refractivity contribution in [2.24, 2.45) is 7.05 Å². The van der Waals surface area contributed by atoms with Crippen molar-refractivity contribution in [3.63, 3.8) is 0 Å². The Labute approximate surface area is 171 Å². The van der Waals surface area contributed by atoms with Crippen LogP contribution in [0.4, 0.5) is 0 Å². The Hall–Kier alpha value is -2.83. The number of aromatic nitrogens is 2. The zero-order chi connectivity index (χ0) is 20.8. The number of nitrogens with one attached hydrogen (secondary N) is 1. The minimum absolute atomic E-state index is 0.00691. The average molecular weight is 396 g/mol. The van der Waals surface area contributed by atoms with Gasteiger partial charge >= 0.3 is 0 Å². The maximum Gasteiger partial charge on any atom is 0.257 e. The topological polar surface area (TPSA) is 76.5 Å². The number of amides is 2. The van der Waals surface area contributed by atoms with E-state index < -0.39 is 5.60 Å². The van der Waals surface area contributed by atoms with Crippen LogP contribution < -0.4 is 10.1 Å². The fourth-order valence-electron chi connectivity index (χ4n) is 4.38. The third kappa shape index (κ3) is 3.50. The smallest absolute Gasteiger partial charge is 0.257 e. The zero-order valence-electron chi connectivity index (χ0n) is 17.5. The Morgan fingerprint density at radius 3 is 2.69 bits per heavy atom. The first-order valence-corrected chi connectivity index (χ1v) is 10.1. The molecule has 1 aromatic carbocycles. The van der Waals surface area contributed by atoms with E-state index in [0.29, 0.717) is 23.4 Å². The summed E-state index contributed by atoms with van der Waals surface area (Å²) in [6.45, 7) is 4.37. The molecule has 1 saturated carbocycles. The predicted molar refractivity (Wildman–Crippen MR) is 109 cm³/mol. The highest BCUT2D eigenvalue weighted by molar-refractivity contribution is 5.97. The molecular formula is C22H28N4O3. The van der Waals surface area contributed by atoms with Crippen LogP contribution in [0.25, 0.3) is 0 Å². The van der Waals surface area contributed by atoms with Crippen molar-refractivity contribution < 1.29 is 14.3 Å². The lowest BCUT2D eigenvalue weighted by Gasteiger charge is -2.42. The van der Waals surface area contributed by atoms with Crippen LogP contribution in [0.2, 0.25) is 0 Å². The number of rotatable bonds is 2. The molecule has 1 aliphatic carbocycles. The van der Waals surface area contributed by atoms with Gasteiger partial charge in [-0.15, -0.1) is 0 Å². The number of carbonyl (C=O) groups excluding carboxylic acids is 2. The van der Waals surface area contributed by atoms with Gasteiger partial charge in [0, 0.05) is 25.8 Å². The van der Waals surface area contributed by atoms with Gasteiger partial charge in [-0.1, -0.05) is 11.6 Å². The lowest BCUT2D eigenvalue weighted by molar-refractivity contribution is 0.0103. The van der Waals surface area contributed by atoms with Gasteiger partial charge in [-0.3, -0.25) is 14.3 Å². The van der Waals surface area contributed by atoms with Gasteiger partial charge in [0.1, 0.15) is 11.4 Å². The van der Waals surface area contributed by atoms with Gasteiger partial charge in [0.25, 0.3) is 11.8 Å². The number of hydrogen-bond acceptors (Lipinski definition) is 4. The molecule has 0 radical (unpaired) electrons. The Bertz CT molecular complexity index is 957. The molecule has 1 spiro atoms. The van der Waals surface area contributed by atoms with Gasteiger partial charge in [0.15, 0.2) is 0 Å². The van der Waals surface area contributed by atoms with Crippen molar-refractivity contribution in [1.29, 1.82) is 0 Å². The monoisotopic (exact) mass is 396 g/mol. The van der Waals surface area contributed by atoms with Crippen molar-refractivity contribution in [2.45, 2.75) is 51.2 Å². The summed E-state index contributed by atoms with van der Waals surface area (Å²) in [6, 6.07) is 5.88. The van der Waals surface area contributed by atoms with E-state index in [0.717, 1.165) is 36.9 Å². The van der Waals surface area contributed by atoms with Crippen molar-refractivity contribution in [2.75, 3.05) is 13.6 Å². The maximum atomic E-state index is 12.9. The SMILES string of the molecule is Cc1ccc2c(c1)C(=O)NCC1(CCC(N(C)C(=O)c3cnn(C)c3C)CC1)O2. The summed E-state index contributed by atoms with van der Waals surface area (Å²) in [5, 5.41) is 7.22. The number of hydrogen-bond donors (Lipinski definition) is 1. The number of nitrogens with zero attached hydrogens (tertiary/aromatic N) is 3. The molecule has 29 heavy (non-hydrogen) atoms. The minimum atomic E-state index is -0.416. The number of fused-ring (bicyclic) bond motifs is 1. The Balaban J connectivity index is 1.47. The first kappa shape index (κ1) is 19.5. The fraction of sp³-hybridized carbons (Fsp3) is 0.500. The van der Waals surface area contributed by atoms with Gasteiger partial charge in [-0.05, 0) is 51.7 Å². The minimum Gasteiger partial charge on any atom is -0.485 e. The lowest BCUT2D eigenvalue weighted by Crippen LogP contribution is -2.51. The van der Waals surface area contributed by atoms with Crippen LogP contribution in [0.3, 0.4) is 0 Å².